The second kappa shape index (κ2) is 6.83. The smallest absolute Gasteiger partial charge is 0.123 e. The van der Waals surface area contributed by atoms with Crippen molar-refractivity contribution >= 4 is 15.9 Å². The van der Waals surface area contributed by atoms with Crippen LogP contribution in [0, 0.1) is 5.82 Å². The van der Waals surface area contributed by atoms with Crippen molar-refractivity contribution in [2.45, 2.75) is 12.3 Å². The molecule has 0 saturated heterocycles. The highest BCUT2D eigenvalue weighted by Crippen LogP contribution is 2.22. The lowest BCUT2D eigenvalue weighted by atomic mass is 9.92. The zero-order chi connectivity index (χ0) is 13.7. The summed E-state index contributed by atoms with van der Waals surface area (Å²) in [6, 6.07) is 15.2. The maximum atomic E-state index is 13.2. The van der Waals surface area contributed by atoms with Crippen molar-refractivity contribution in [3.8, 4) is 0 Å². The van der Waals surface area contributed by atoms with Gasteiger partial charge in [0.25, 0.3) is 0 Å². The van der Waals surface area contributed by atoms with Crippen molar-refractivity contribution in [3.63, 3.8) is 0 Å². The van der Waals surface area contributed by atoms with Gasteiger partial charge in [-0.1, -0.05) is 40.2 Å². The maximum absolute atomic E-state index is 13.2. The van der Waals surface area contributed by atoms with Crippen LogP contribution >= 0.6 is 15.9 Å². The fourth-order valence-corrected chi connectivity index (χ4v) is 2.50. The highest BCUT2D eigenvalue weighted by molar-refractivity contribution is 9.10. The van der Waals surface area contributed by atoms with Crippen LogP contribution in [0.4, 0.5) is 4.39 Å². The zero-order valence-electron chi connectivity index (χ0n) is 10.9. The normalized spacial score (nSPS) is 12.4. The van der Waals surface area contributed by atoms with Gasteiger partial charge in [-0.25, -0.2) is 4.39 Å². The van der Waals surface area contributed by atoms with E-state index in [0.717, 1.165) is 23.0 Å². The second-order valence-corrected chi connectivity index (χ2v) is 5.56. The first-order valence-electron chi connectivity index (χ1n) is 6.33. The Hall–Kier alpha value is -1.19. The Balaban J connectivity index is 2.18. The van der Waals surface area contributed by atoms with E-state index in [9.17, 15) is 4.39 Å². The van der Waals surface area contributed by atoms with Crippen LogP contribution in [0.15, 0.2) is 53.0 Å². The molecule has 3 heteroatoms. The number of nitrogens with one attached hydrogen (secondary N) is 1. The fraction of sp³-hybridized carbons (Fsp3) is 0.250. The Morgan fingerprint density at radius 1 is 1.16 bits per heavy atom. The Labute approximate surface area is 122 Å². The van der Waals surface area contributed by atoms with E-state index in [0.29, 0.717) is 5.92 Å². The molecule has 19 heavy (non-hydrogen) atoms. The van der Waals surface area contributed by atoms with E-state index in [4.69, 9.17) is 0 Å². The Kier molecular flexibility index (Phi) is 5.11. The Morgan fingerprint density at radius 3 is 2.53 bits per heavy atom. The van der Waals surface area contributed by atoms with Gasteiger partial charge in [0.05, 0.1) is 0 Å². The molecule has 0 amide bonds. The van der Waals surface area contributed by atoms with Crippen LogP contribution < -0.4 is 5.32 Å². The minimum atomic E-state index is -0.170. The van der Waals surface area contributed by atoms with E-state index >= 15 is 0 Å². The lowest BCUT2D eigenvalue weighted by molar-refractivity contribution is 0.608. The van der Waals surface area contributed by atoms with Gasteiger partial charge in [0.1, 0.15) is 5.82 Å². The standard InChI is InChI=1S/C16H17BrFN/c1-19-11-14(13-5-7-15(17)8-6-13)9-12-3-2-4-16(18)10-12/h2-8,10,14,19H,9,11H2,1H3. The summed E-state index contributed by atoms with van der Waals surface area (Å²) in [4.78, 5) is 0. The van der Waals surface area contributed by atoms with Gasteiger partial charge in [-0.15, -0.1) is 0 Å². The lowest BCUT2D eigenvalue weighted by Crippen LogP contribution is -2.19. The van der Waals surface area contributed by atoms with Gasteiger partial charge >= 0.3 is 0 Å². The summed E-state index contributed by atoms with van der Waals surface area (Å²) in [5.41, 5.74) is 2.30. The largest absolute Gasteiger partial charge is 0.319 e. The third kappa shape index (κ3) is 4.15. The van der Waals surface area contributed by atoms with Crippen molar-refractivity contribution in [1.29, 1.82) is 0 Å². The second-order valence-electron chi connectivity index (χ2n) is 4.64. The number of benzene rings is 2. The predicted octanol–water partition coefficient (Wildman–Crippen LogP) is 4.13. The maximum Gasteiger partial charge on any atom is 0.123 e. The van der Waals surface area contributed by atoms with E-state index in [1.54, 1.807) is 12.1 Å². The quantitative estimate of drug-likeness (QED) is 0.873. The van der Waals surface area contributed by atoms with E-state index < -0.39 is 0 Å². The van der Waals surface area contributed by atoms with Gasteiger partial charge in [-0.05, 0) is 48.9 Å². The molecule has 0 aliphatic carbocycles. The molecule has 1 unspecified atom stereocenters. The van der Waals surface area contributed by atoms with Gasteiger partial charge in [0.2, 0.25) is 0 Å². The summed E-state index contributed by atoms with van der Waals surface area (Å²) in [7, 11) is 1.94. The highest BCUT2D eigenvalue weighted by atomic mass is 79.9. The van der Waals surface area contributed by atoms with Crippen LogP contribution in [-0.4, -0.2) is 13.6 Å². The summed E-state index contributed by atoms with van der Waals surface area (Å²) >= 11 is 3.44. The number of hydrogen-bond acceptors (Lipinski definition) is 1. The molecule has 0 aliphatic heterocycles. The van der Waals surface area contributed by atoms with Crippen LogP contribution in [0.5, 0.6) is 0 Å². The Morgan fingerprint density at radius 2 is 1.89 bits per heavy atom. The molecule has 100 valence electrons. The summed E-state index contributed by atoms with van der Waals surface area (Å²) in [5.74, 6) is 0.177. The van der Waals surface area contributed by atoms with Crippen LogP contribution in [0.2, 0.25) is 0 Å². The van der Waals surface area contributed by atoms with Crippen LogP contribution in [-0.2, 0) is 6.42 Å². The van der Waals surface area contributed by atoms with Crippen molar-refractivity contribution < 1.29 is 4.39 Å². The van der Waals surface area contributed by atoms with E-state index in [1.807, 2.05) is 25.2 Å². The molecule has 0 aromatic heterocycles. The minimum absolute atomic E-state index is 0.170. The molecule has 0 spiro atoms. The molecule has 2 rings (SSSR count). The molecule has 0 saturated carbocycles. The summed E-state index contributed by atoms with van der Waals surface area (Å²) in [5, 5.41) is 3.21. The molecule has 1 nitrogen and oxygen atoms in total. The molecule has 0 fully saturated rings. The molecule has 0 heterocycles. The molecular weight excluding hydrogens is 305 g/mol. The van der Waals surface area contributed by atoms with Crippen LogP contribution in [0.25, 0.3) is 0 Å². The first-order valence-corrected chi connectivity index (χ1v) is 7.13. The molecule has 2 aromatic carbocycles. The topological polar surface area (TPSA) is 12.0 Å². The Bertz CT molecular complexity index is 525. The summed E-state index contributed by atoms with van der Waals surface area (Å²) in [6.45, 7) is 0.873. The monoisotopic (exact) mass is 321 g/mol. The van der Waals surface area contributed by atoms with Gasteiger partial charge in [-0.2, -0.15) is 0 Å². The van der Waals surface area contributed by atoms with Crippen molar-refractivity contribution in [2.24, 2.45) is 0 Å². The molecule has 2 aromatic rings. The predicted molar refractivity (Wildman–Crippen MR) is 80.9 cm³/mol. The van der Waals surface area contributed by atoms with Crippen LogP contribution in [0.1, 0.15) is 17.0 Å². The van der Waals surface area contributed by atoms with Gasteiger partial charge in [0, 0.05) is 16.9 Å². The summed E-state index contributed by atoms with van der Waals surface area (Å²) in [6.07, 6.45) is 0.834. The minimum Gasteiger partial charge on any atom is -0.319 e. The first kappa shape index (κ1) is 14.2. The molecule has 1 N–H and O–H groups in total. The molecule has 0 bridgehead atoms. The van der Waals surface area contributed by atoms with Crippen molar-refractivity contribution in [1.82, 2.24) is 5.32 Å². The van der Waals surface area contributed by atoms with Crippen molar-refractivity contribution in [2.75, 3.05) is 13.6 Å². The first-order chi connectivity index (χ1) is 9.19. The number of halogens is 2. The molecule has 1 atom stereocenters. The number of likely N-dealkylation sites (N-methyl/N-ethyl adjacent to an activating group) is 1. The van der Waals surface area contributed by atoms with E-state index in [-0.39, 0.29) is 5.82 Å². The lowest BCUT2D eigenvalue weighted by Gasteiger charge is -2.17. The SMILES string of the molecule is CNCC(Cc1cccc(F)c1)c1ccc(Br)cc1. The number of rotatable bonds is 5. The van der Waals surface area contributed by atoms with Gasteiger partial charge < -0.3 is 5.32 Å². The average Bonchev–Trinajstić information content (AvgIpc) is 2.39. The molecule has 0 radical (unpaired) electrons. The summed E-state index contributed by atoms with van der Waals surface area (Å²) < 4.78 is 14.3. The third-order valence-electron chi connectivity index (χ3n) is 3.16. The van der Waals surface area contributed by atoms with E-state index in [2.05, 4.69) is 33.4 Å². The van der Waals surface area contributed by atoms with Crippen LogP contribution in [0.3, 0.4) is 0 Å². The van der Waals surface area contributed by atoms with Gasteiger partial charge in [0.15, 0.2) is 0 Å². The van der Waals surface area contributed by atoms with E-state index in [1.165, 1.54) is 11.6 Å². The fourth-order valence-electron chi connectivity index (χ4n) is 2.24. The molecule has 0 aliphatic rings. The molecular formula is C16H17BrFN. The number of hydrogen-bond donors (Lipinski definition) is 1. The van der Waals surface area contributed by atoms with Gasteiger partial charge in [-0.3, -0.25) is 0 Å². The highest BCUT2D eigenvalue weighted by Gasteiger charge is 2.12. The van der Waals surface area contributed by atoms with Crippen molar-refractivity contribution in [3.05, 3.63) is 69.9 Å². The average molecular weight is 322 g/mol. The zero-order valence-corrected chi connectivity index (χ0v) is 12.5. The third-order valence-corrected chi connectivity index (χ3v) is 3.69.